The molecule has 1 aromatic carbocycles. The highest BCUT2D eigenvalue weighted by molar-refractivity contribution is 7.80. The Morgan fingerprint density at radius 3 is 2.54 bits per heavy atom. The molecule has 1 aliphatic rings. The second kappa shape index (κ2) is 6.59. The van der Waals surface area contributed by atoms with Crippen LogP contribution in [0.1, 0.15) is 18.4 Å². The van der Waals surface area contributed by atoms with Crippen molar-refractivity contribution in [3.05, 3.63) is 58.5 Å². The van der Waals surface area contributed by atoms with Crippen LogP contribution in [0.2, 0.25) is 5.02 Å². The Morgan fingerprint density at radius 2 is 1.92 bits per heavy atom. The first-order chi connectivity index (χ1) is 11.5. The number of hydrogen-bond acceptors (Lipinski definition) is 4. The van der Waals surface area contributed by atoms with Crippen LogP contribution >= 0.6 is 23.8 Å². The number of anilines is 1. The van der Waals surface area contributed by atoms with Crippen molar-refractivity contribution in [2.24, 2.45) is 0 Å². The molecule has 2 heterocycles. The van der Waals surface area contributed by atoms with Gasteiger partial charge in [0.25, 0.3) is 11.8 Å². The maximum absolute atomic E-state index is 12.7. The molecular weight excluding hydrogens is 348 g/mol. The van der Waals surface area contributed by atoms with Gasteiger partial charge in [-0.25, -0.2) is 0 Å². The number of rotatable bonds is 3. The normalized spacial score (nSPS) is 16.7. The van der Waals surface area contributed by atoms with Gasteiger partial charge in [0.05, 0.1) is 5.69 Å². The van der Waals surface area contributed by atoms with E-state index in [2.05, 4.69) is 5.32 Å². The van der Waals surface area contributed by atoms with Gasteiger partial charge in [-0.05, 0) is 54.7 Å². The van der Waals surface area contributed by atoms with Gasteiger partial charge in [-0.2, -0.15) is 0 Å². The minimum atomic E-state index is -0.551. The first-order valence-electron chi connectivity index (χ1n) is 7.25. The molecule has 1 aliphatic heterocycles. The van der Waals surface area contributed by atoms with Crippen LogP contribution in [0.25, 0.3) is 6.08 Å². The summed E-state index contributed by atoms with van der Waals surface area (Å²) in [6, 6.07) is 10.1. The number of thiocarbonyl (C=S) groups is 1. The number of amides is 2. The lowest BCUT2D eigenvalue weighted by molar-refractivity contribution is -0.122. The molecule has 0 saturated carbocycles. The second-order valence-electron chi connectivity index (χ2n) is 5.09. The number of hydrogen-bond donors (Lipinski definition) is 1. The molecule has 7 heteroatoms. The maximum atomic E-state index is 12.7. The number of carbonyl (C=O) groups is 2. The number of furan rings is 1. The summed E-state index contributed by atoms with van der Waals surface area (Å²) in [4.78, 5) is 26.1. The van der Waals surface area contributed by atoms with Crippen molar-refractivity contribution in [2.75, 3.05) is 4.90 Å². The fourth-order valence-corrected chi connectivity index (χ4v) is 2.69. The SMILES string of the molecule is CCc1ccc(/C=C2\C(=O)NC(=S)N(c3ccc(Cl)cc3)C2=O)o1. The van der Waals surface area contributed by atoms with Gasteiger partial charge in [-0.15, -0.1) is 0 Å². The van der Waals surface area contributed by atoms with Gasteiger partial charge in [0.2, 0.25) is 0 Å². The zero-order valence-corrected chi connectivity index (χ0v) is 14.3. The third-order valence-corrected chi connectivity index (χ3v) is 4.04. The Hall–Kier alpha value is -2.44. The lowest BCUT2D eigenvalue weighted by Crippen LogP contribution is -2.54. The first-order valence-corrected chi connectivity index (χ1v) is 8.04. The molecular formula is C17H13ClN2O3S. The Balaban J connectivity index is 1.98. The van der Waals surface area contributed by atoms with Crippen LogP contribution in [0.15, 0.2) is 46.4 Å². The summed E-state index contributed by atoms with van der Waals surface area (Å²) < 4.78 is 5.54. The second-order valence-corrected chi connectivity index (χ2v) is 5.92. The smallest absolute Gasteiger partial charge is 0.270 e. The largest absolute Gasteiger partial charge is 0.462 e. The lowest BCUT2D eigenvalue weighted by atomic mass is 10.1. The van der Waals surface area contributed by atoms with Crippen LogP contribution in [0, 0.1) is 0 Å². The molecule has 5 nitrogen and oxygen atoms in total. The molecule has 122 valence electrons. The molecule has 0 radical (unpaired) electrons. The van der Waals surface area contributed by atoms with Crippen molar-refractivity contribution in [3.8, 4) is 0 Å². The molecule has 2 aromatic rings. The molecule has 0 spiro atoms. The predicted molar refractivity (Wildman–Crippen MR) is 95.7 cm³/mol. The summed E-state index contributed by atoms with van der Waals surface area (Å²) in [6.07, 6.45) is 2.14. The Kier molecular flexibility index (Phi) is 4.51. The third kappa shape index (κ3) is 3.11. The summed E-state index contributed by atoms with van der Waals surface area (Å²) in [7, 11) is 0. The molecule has 1 saturated heterocycles. The number of halogens is 1. The Morgan fingerprint density at radius 1 is 1.21 bits per heavy atom. The number of nitrogens with one attached hydrogen (secondary N) is 1. The van der Waals surface area contributed by atoms with Crippen LogP contribution < -0.4 is 10.2 Å². The highest BCUT2D eigenvalue weighted by atomic mass is 35.5. The van der Waals surface area contributed by atoms with Crippen LogP contribution in [-0.2, 0) is 16.0 Å². The summed E-state index contributed by atoms with van der Waals surface area (Å²) in [6.45, 7) is 1.95. The van der Waals surface area contributed by atoms with Crippen LogP contribution in [0.5, 0.6) is 0 Å². The van der Waals surface area contributed by atoms with Crippen LogP contribution in [-0.4, -0.2) is 16.9 Å². The summed E-state index contributed by atoms with van der Waals surface area (Å²) in [5.74, 6) is 0.148. The van der Waals surface area contributed by atoms with E-state index in [1.165, 1.54) is 11.0 Å². The number of nitrogens with zero attached hydrogens (tertiary/aromatic N) is 1. The van der Waals surface area contributed by atoms with Gasteiger partial charge in [0, 0.05) is 11.4 Å². The van der Waals surface area contributed by atoms with E-state index in [1.54, 1.807) is 36.4 Å². The minimum absolute atomic E-state index is 0.0261. The third-order valence-electron chi connectivity index (χ3n) is 3.50. The van der Waals surface area contributed by atoms with E-state index in [1.807, 2.05) is 6.92 Å². The topological polar surface area (TPSA) is 62.6 Å². The molecule has 3 rings (SSSR count). The molecule has 0 bridgehead atoms. The minimum Gasteiger partial charge on any atom is -0.462 e. The number of carbonyl (C=O) groups excluding carboxylic acids is 2. The lowest BCUT2D eigenvalue weighted by Gasteiger charge is -2.28. The molecule has 0 unspecified atom stereocenters. The Bertz CT molecular complexity index is 855. The summed E-state index contributed by atoms with van der Waals surface area (Å²) in [5.41, 5.74) is 0.476. The van der Waals surface area contributed by atoms with E-state index >= 15 is 0 Å². The van der Waals surface area contributed by atoms with E-state index < -0.39 is 11.8 Å². The van der Waals surface area contributed by atoms with E-state index in [0.717, 1.165) is 12.2 Å². The van der Waals surface area contributed by atoms with Gasteiger partial charge in [0.1, 0.15) is 17.1 Å². The van der Waals surface area contributed by atoms with Crippen LogP contribution in [0.4, 0.5) is 5.69 Å². The van der Waals surface area contributed by atoms with Crippen molar-refractivity contribution in [1.29, 1.82) is 0 Å². The highest BCUT2D eigenvalue weighted by Gasteiger charge is 2.34. The molecule has 24 heavy (non-hydrogen) atoms. The number of benzene rings is 1. The van der Waals surface area contributed by atoms with Gasteiger partial charge in [0.15, 0.2) is 5.11 Å². The van der Waals surface area contributed by atoms with Crippen molar-refractivity contribution in [1.82, 2.24) is 5.32 Å². The van der Waals surface area contributed by atoms with E-state index in [9.17, 15) is 9.59 Å². The Labute approximate surface area is 148 Å². The molecule has 1 aromatic heterocycles. The van der Waals surface area contributed by atoms with Crippen molar-refractivity contribution < 1.29 is 14.0 Å². The molecule has 1 N–H and O–H groups in total. The highest BCUT2D eigenvalue weighted by Crippen LogP contribution is 2.24. The average molecular weight is 361 g/mol. The van der Waals surface area contributed by atoms with E-state index in [0.29, 0.717) is 16.5 Å². The average Bonchev–Trinajstić information content (AvgIpc) is 3.01. The van der Waals surface area contributed by atoms with Gasteiger partial charge in [-0.1, -0.05) is 18.5 Å². The number of aryl methyl sites for hydroxylation is 1. The summed E-state index contributed by atoms with van der Waals surface area (Å²) in [5, 5.41) is 3.08. The van der Waals surface area contributed by atoms with Crippen molar-refractivity contribution in [3.63, 3.8) is 0 Å². The fourth-order valence-electron chi connectivity index (χ4n) is 2.29. The monoisotopic (exact) mass is 360 g/mol. The standard InChI is InChI=1S/C17H13ClN2O3S/c1-2-12-7-8-13(23-12)9-14-15(21)19-17(24)20(16(14)22)11-5-3-10(18)4-6-11/h3-9H,2H2,1H3,(H,19,21,24)/b14-9+. The predicted octanol–water partition coefficient (Wildman–Crippen LogP) is 3.33. The van der Waals surface area contributed by atoms with E-state index in [-0.39, 0.29) is 10.7 Å². The molecule has 2 amide bonds. The molecule has 0 aliphatic carbocycles. The molecule has 0 atom stereocenters. The first kappa shape index (κ1) is 16.4. The van der Waals surface area contributed by atoms with Crippen molar-refractivity contribution >= 4 is 52.5 Å². The molecule has 1 fully saturated rings. The van der Waals surface area contributed by atoms with Gasteiger partial charge in [-0.3, -0.25) is 19.8 Å². The maximum Gasteiger partial charge on any atom is 0.270 e. The van der Waals surface area contributed by atoms with Gasteiger partial charge < -0.3 is 4.42 Å². The zero-order valence-electron chi connectivity index (χ0n) is 12.7. The zero-order chi connectivity index (χ0) is 17.3. The van der Waals surface area contributed by atoms with Crippen LogP contribution in [0.3, 0.4) is 0 Å². The summed E-state index contributed by atoms with van der Waals surface area (Å²) >= 11 is 11.0. The van der Waals surface area contributed by atoms with E-state index in [4.69, 9.17) is 28.2 Å². The fraction of sp³-hybridized carbons (Fsp3) is 0.118. The van der Waals surface area contributed by atoms with Crippen molar-refractivity contribution in [2.45, 2.75) is 13.3 Å². The van der Waals surface area contributed by atoms with Gasteiger partial charge >= 0.3 is 0 Å². The quantitative estimate of drug-likeness (QED) is 0.518.